The Morgan fingerprint density at radius 2 is 2.13 bits per heavy atom. The molecule has 0 saturated carbocycles. The molecule has 15 heavy (non-hydrogen) atoms. The van der Waals surface area contributed by atoms with Gasteiger partial charge in [-0.15, -0.1) is 0 Å². The zero-order valence-electron chi connectivity index (χ0n) is 9.06. The highest BCUT2D eigenvalue weighted by molar-refractivity contribution is 5.40. The van der Waals surface area contributed by atoms with Crippen molar-refractivity contribution < 1.29 is 0 Å². The van der Waals surface area contributed by atoms with E-state index >= 15 is 0 Å². The standard InChI is InChI=1S/C10H17N5/c1-14-5-2-6-15(8-7-14)9-3-4-12-10(11)13-9/h3-4H,2,5-8H2,1H3,(H2,11,12,13). The topological polar surface area (TPSA) is 58.3 Å². The molecule has 1 saturated heterocycles. The van der Waals surface area contributed by atoms with Crippen molar-refractivity contribution in [2.75, 3.05) is 43.9 Å². The van der Waals surface area contributed by atoms with Crippen LogP contribution in [0, 0.1) is 0 Å². The second-order valence-electron chi connectivity index (χ2n) is 3.92. The molecule has 2 N–H and O–H groups in total. The molecular weight excluding hydrogens is 190 g/mol. The van der Waals surface area contributed by atoms with Gasteiger partial charge in [0.15, 0.2) is 0 Å². The van der Waals surface area contributed by atoms with Crippen molar-refractivity contribution in [2.24, 2.45) is 0 Å². The number of nitrogens with two attached hydrogens (primary N) is 1. The van der Waals surface area contributed by atoms with E-state index < -0.39 is 0 Å². The van der Waals surface area contributed by atoms with E-state index in [1.54, 1.807) is 6.20 Å². The van der Waals surface area contributed by atoms with Gasteiger partial charge in [-0.1, -0.05) is 0 Å². The molecule has 0 aromatic carbocycles. The first-order valence-corrected chi connectivity index (χ1v) is 5.28. The van der Waals surface area contributed by atoms with Gasteiger partial charge < -0.3 is 15.5 Å². The second kappa shape index (κ2) is 4.44. The first-order chi connectivity index (χ1) is 7.25. The first kappa shape index (κ1) is 10.2. The van der Waals surface area contributed by atoms with Crippen LogP contribution in [0.3, 0.4) is 0 Å². The third-order valence-corrected chi connectivity index (χ3v) is 2.70. The van der Waals surface area contributed by atoms with E-state index in [0.29, 0.717) is 5.95 Å². The number of nitrogen functional groups attached to an aromatic ring is 1. The molecule has 1 aromatic rings. The second-order valence-corrected chi connectivity index (χ2v) is 3.92. The highest BCUT2D eigenvalue weighted by Crippen LogP contribution is 2.13. The van der Waals surface area contributed by atoms with E-state index in [9.17, 15) is 0 Å². The van der Waals surface area contributed by atoms with Crippen molar-refractivity contribution in [3.8, 4) is 0 Å². The van der Waals surface area contributed by atoms with Crippen molar-refractivity contribution in [1.82, 2.24) is 14.9 Å². The predicted molar refractivity (Wildman–Crippen MR) is 60.8 cm³/mol. The summed E-state index contributed by atoms with van der Waals surface area (Å²) in [4.78, 5) is 12.7. The average molecular weight is 207 g/mol. The monoisotopic (exact) mass is 207 g/mol. The minimum absolute atomic E-state index is 0.352. The molecule has 5 nitrogen and oxygen atoms in total. The Kier molecular flexibility index (Phi) is 3.01. The zero-order chi connectivity index (χ0) is 10.7. The average Bonchev–Trinajstić information content (AvgIpc) is 2.43. The van der Waals surface area contributed by atoms with E-state index in [0.717, 1.165) is 32.0 Å². The number of nitrogens with zero attached hydrogens (tertiary/aromatic N) is 4. The van der Waals surface area contributed by atoms with Crippen LogP contribution >= 0.6 is 0 Å². The fourth-order valence-corrected chi connectivity index (χ4v) is 1.82. The summed E-state index contributed by atoms with van der Waals surface area (Å²) in [6.45, 7) is 4.27. The van der Waals surface area contributed by atoms with Gasteiger partial charge in [0.1, 0.15) is 5.82 Å². The van der Waals surface area contributed by atoms with E-state index in [4.69, 9.17) is 5.73 Å². The third kappa shape index (κ3) is 2.56. The quantitative estimate of drug-likeness (QED) is 0.713. The first-order valence-electron chi connectivity index (χ1n) is 5.28. The van der Waals surface area contributed by atoms with Crippen LogP contribution in [0.1, 0.15) is 6.42 Å². The lowest BCUT2D eigenvalue weighted by molar-refractivity contribution is 0.360. The van der Waals surface area contributed by atoms with Gasteiger partial charge in [0.2, 0.25) is 5.95 Å². The van der Waals surface area contributed by atoms with Crippen LogP contribution < -0.4 is 10.6 Å². The number of hydrogen-bond acceptors (Lipinski definition) is 5. The van der Waals surface area contributed by atoms with Gasteiger partial charge in [0, 0.05) is 25.8 Å². The lowest BCUT2D eigenvalue weighted by atomic mass is 10.4. The highest BCUT2D eigenvalue weighted by Gasteiger charge is 2.13. The number of likely N-dealkylation sites (N-methyl/N-ethyl adjacent to an activating group) is 1. The Morgan fingerprint density at radius 1 is 1.27 bits per heavy atom. The van der Waals surface area contributed by atoms with E-state index in [-0.39, 0.29) is 0 Å². The molecule has 1 aromatic heterocycles. The summed E-state index contributed by atoms with van der Waals surface area (Å²) in [6.07, 6.45) is 2.88. The Labute approximate surface area is 89.9 Å². The van der Waals surface area contributed by atoms with Crippen LogP contribution in [0.15, 0.2) is 12.3 Å². The summed E-state index contributed by atoms with van der Waals surface area (Å²) in [6, 6.07) is 1.92. The Morgan fingerprint density at radius 3 is 2.93 bits per heavy atom. The maximum atomic E-state index is 5.57. The van der Waals surface area contributed by atoms with Crippen molar-refractivity contribution in [1.29, 1.82) is 0 Å². The third-order valence-electron chi connectivity index (χ3n) is 2.70. The molecule has 5 heteroatoms. The molecule has 0 amide bonds. The van der Waals surface area contributed by atoms with Gasteiger partial charge in [0.05, 0.1) is 0 Å². The molecule has 0 atom stereocenters. The highest BCUT2D eigenvalue weighted by atomic mass is 15.2. The summed E-state index contributed by atoms with van der Waals surface area (Å²) in [7, 11) is 2.15. The molecule has 0 radical (unpaired) electrons. The fraction of sp³-hybridized carbons (Fsp3) is 0.600. The maximum Gasteiger partial charge on any atom is 0.221 e. The Hall–Kier alpha value is -1.36. The summed E-state index contributed by atoms with van der Waals surface area (Å²) >= 11 is 0. The van der Waals surface area contributed by atoms with Crippen molar-refractivity contribution >= 4 is 11.8 Å². The lowest BCUT2D eigenvalue weighted by Crippen LogP contribution is -2.29. The van der Waals surface area contributed by atoms with Crippen LogP contribution in [0.2, 0.25) is 0 Å². The smallest absolute Gasteiger partial charge is 0.221 e. The Bertz CT molecular complexity index is 327. The molecule has 0 spiro atoms. The molecule has 2 rings (SSSR count). The van der Waals surface area contributed by atoms with Gasteiger partial charge >= 0.3 is 0 Å². The van der Waals surface area contributed by atoms with Gasteiger partial charge in [-0.25, -0.2) is 4.98 Å². The SMILES string of the molecule is CN1CCCN(c2ccnc(N)n2)CC1. The van der Waals surface area contributed by atoms with E-state index in [1.807, 2.05) is 6.07 Å². The fourth-order valence-electron chi connectivity index (χ4n) is 1.82. The number of anilines is 2. The van der Waals surface area contributed by atoms with Gasteiger partial charge in [-0.2, -0.15) is 4.98 Å². The van der Waals surface area contributed by atoms with Gasteiger partial charge in [0.25, 0.3) is 0 Å². The molecule has 1 aliphatic heterocycles. The molecule has 1 fully saturated rings. The number of rotatable bonds is 1. The summed E-state index contributed by atoms with van der Waals surface area (Å²) < 4.78 is 0. The molecule has 82 valence electrons. The summed E-state index contributed by atoms with van der Waals surface area (Å²) in [5.41, 5.74) is 5.57. The van der Waals surface area contributed by atoms with Crippen molar-refractivity contribution in [3.05, 3.63) is 12.3 Å². The van der Waals surface area contributed by atoms with Crippen LogP contribution in [-0.4, -0.2) is 48.1 Å². The minimum atomic E-state index is 0.352. The molecule has 2 heterocycles. The van der Waals surface area contributed by atoms with Gasteiger partial charge in [-0.05, 0) is 26.1 Å². The predicted octanol–water partition coefficient (Wildman–Crippen LogP) is 0.201. The van der Waals surface area contributed by atoms with Crippen molar-refractivity contribution in [3.63, 3.8) is 0 Å². The van der Waals surface area contributed by atoms with E-state index in [1.165, 1.54) is 6.42 Å². The summed E-state index contributed by atoms with van der Waals surface area (Å²) in [5, 5.41) is 0. The normalized spacial score (nSPS) is 18.9. The van der Waals surface area contributed by atoms with Crippen LogP contribution in [0.5, 0.6) is 0 Å². The molecule has 0 bridgehead atoms. The van der Waals surface area contributed by atoms with Crippen molar-refractivity contribution in [2.45, 2.75) is 6.42 Å². The molecule has 1 aliphatic rings. The van der Waals surface area contributed by atoms with E-state index in [2.05, 4.69) is 26.8 Å². The van der Waals surface area contributed by atoms with Crippen LogP contribution in [-0.2, 0) is 0 Å². The van der Waals surface area contributed by atoms with Gasteiger partial charge in [-0.3, -0.25) is 0 Å². The lowest BCUT2D eigenvalue weighted by Gasteiger charge is -2.21. The zero-order valence-corrected chi connectivity index (χ0v) is 9.06. The van der Waals surface area contributed by atoms with Crippen LogP contribution in [0.4, 0.5) is 11.8 Å². The number of aromatic nitrogens is 2. The van der Waals surface area contributed by atoms with Crippen LogP contribution in [0.25, 0.3) is 0 Å². The summed E-state index contributed by atoms with van der Waals surface area (Å²) in [5.74, 6) is 1.29. The number of hydrogen-bond donors (Lipinski definition) is 1. The minimum Gasteiger partial charge on any atom is -0.368 e. The Balaban J connectivity index is 2.09. The molecule has 0 unspecified atom stereocenters. The molecule has 0 aliphatic carbocycles. The largest absolute Gasteiger partial charge is 0.368 e. The maximum absolute atomic E-state index is 5.57. The molecular formula is C10H17N5.